The number of piperidine rings is 1. The van der Waals surface area contributed by atoms with Gasteiger partial charge >= 0.3 is 0 Å². The number of hydrogen-bond acceptors (Lipinski definition) is 5. The van der Waals surface area contributed by atoms with Crippen LogP contribution in [0.2, 0.25) is 0 Å². The lowest BCUT2D eigenvalue weighted by Gasteiger charge is -2.32. The number of imidazole rings is 1. The van der Waals surface area contributed by atoms with Crippen molar-refractivity contribution >= 4 is 16.6 Å². The minimum atomic E-state index is -0.296. The van der Waals surface area contributed by atoms with Crippen LogP contribution in [0.4, 0.5) is 4.39 Å². The molecule has 4 aromatic rings. The summed E-state index contributed by atoms with van der Waals surface area (Å²) >= 11 is 0. The van der Waals surface area contributed by atoms with Crippen LogP contribution >= 0.6 is 0 Å². The van der Waals surface area contributed by atoms with E-state index in [9.17, 15) is 0 Å². The molecule has 0 saturated carbocycles. The molecule has 1 aliphatic rings. The molecule has 0 radical (unpaired) electrons. The Morgan fingerprint density at radius 2 is 1.80 bits per heavy atom. The third-order valence-corrected chi connectivity index (χ3v) is 5.96. The first-order chi connectivity index (χ1) is 14.4. The van der Waals surface area contributed by atoms with E-state index >= 15 is 4.39 Å². The first kappa shape index (κ1) is 19.1. The van der Waals surface area contributed by atoms with Gasteiger partial charge in [-0.15, -0.1) is 0 Å². The van der Waals surface area contributed by atoms with E-state index in [-0.39, 0.29) is 5.82 Å². The highest BCUT2D eigenvalue weighted by atomic mass is 19.1. The van der Waals surface area contributed by atoms with E-state index in [1.165, 1.54) is 0 Å². The van der Waals surface area contributed by atoms with Gasteiger partial charge in [0, 0.05) is 29.0 Å². The molecule has 1 N–H and O–H groups in total. The lowest BCUT2D eigenvalue weighted by molar-refractivity contribution is 0.312. The van der Waals surface area contributed by atoms with Gasteiger partial charge in [0.1, 0.15) is 5.82 Å². The van der Waals surface area contributed by atoms with E-state index in [0.29, 0.717) is 40.2 Å². The molecule has 0 spiro atoms. The highest BCUT2D eigenvalue weighted by Crippen LogP contribution is 2.32. The summed E-state index contributed by atoms with van der Waals surface area (Å²) in [6.45, 7) is 8.27. The lowest BCUT2D eigenvalue weighted by Crippen LogP contribution is -2.41. The minimum absolute atomic E-state index is 0.295. The smallest absolute Gasteiger partial charge is 0.156 e. The van der Waals surface area contributed by atoms with Crippen molar-refractivity contribution < 1.29 is 4.39 Å². The standard InChI is InChI=1S/C23H25FN6/c1-12-5-21(29-30-11-15(4)26-23(12)30)17-8-19(24)18-10-20(27-28-22(18)9-17)16-6-13(2)25-14(3)7-16/h5,8-11,13-14,16,25H,6-7H2,1-4H3/t13-,14-/m1/s1. The molecular formula is C23H25FN6. The summed E-state index contributed by atoms with van der Waals surface area (Å²) in [5, 5.41) is 17.5. The van der Waals surface area contributed by atoms with Gasteiger partial charge in [0.15, 0.2) is 5.65 Å². The highest BCUT2D eigenvalue weighted by Gasteiger charge is 2.26. The Morgan fingerprint density at radius 3 is 2.57 bits per heavy atom. The molecule has 7 heteroatoms. The van der Waals surface area contributed by atoms with Crippen molar-refractivity contribution in [2.45, 2.75) is 58.5 Å². The van der Waals surface area contributed by atoms with Crippen molar-refractivity contribution in [3.8, 4) is 11.3 Å². The molecule has 0 unspecified atom stereocenters. The Morgan fingerprint density at radius 1 is 1.03 bits per heavy atom. The van der Waals surface area contributed by atoms with Gasteiger partial charge in [0.2, 0.25) is 0 Å². The largest absolute Gasteiger partial charge is 0.312 e. The zero-order valence-electron chi connectivity index (χ0n) is 17.6. The van der Waals surface area contributed by atoms with Crippen molar-refractivity contribution in [2.75, 3.05) is 0 Å². The van der Waals surface area contributed by atoms with Crippen LogP contribution < -0.4 is 5.32 Å². The quantitative estimate of drug-likeness (QED) is 0.538. The molecule has 4 heterocycles. The van der Waals surface area contributed by atoms with E-state index in [2.05, 4.69) is 39.4 Å². The number of aryl methyl sites for hydroxylation is 2. The molecule has 5 rings (SSSR count). The van der Waals surface area contributed by atoms with Crippen LogP contribution in [0.15, 0.2) is 30.5 Å². The molecule has 0 bridgehead atoms. The second-order valence-electron chi connectivity index (χ2n) is 8.66. The fourth-order valence-electron chi connectivity index (χ4n) is 4.66. The summed E-state index contributed by atoms with van der Waals surface area (Å²) in [4.78, 5) is 4.48. The van der Waals surface area contributed by atoms with E-state index in [1.807, 2.05) is 38.2 Å². The summed E-state index contributed by atoms with van der Waals surface area (Å²) in [5.41, 5.74) is 5.49. The zero-order chi connectivity index (χ0) is 21.0. The van der Waals surface area contributed by atoms with Crippen molar-refractivity contribution in [3.63, 3.8) is 0 Å². The van der Waals surface area contributed by atoms with Crippen LogP contribution in [0, 0.1) is 19.7 Å². The molecule has 6 nitrogen and oxygen atoms in total. The van der Waals surface area contributed by atoms with Gasteiger partial charge in [-0.25, -0.2) is 13.9 Å². The van der Waals surface area contributed by atoms with Gasteiger partial charge in [0.05, 0.1) is 28.8 Å². The fourth-order valence-corrected chi connectivity index (χ4v) is 4.66. The van der Waals surface area contributed by atoms with Gasteiger partial charge in [-0.3, -0.25) is 0 Å². The van der Waals surface area contributed by atoms with Gasteiger partial charge in [-0.1, -0.05) is 0 Å². The fraction of sp³-hybridized carbons (Fsp3) is 0.391. The third kappa shape index (κ3) is 3.33. The molecule has 1 saturated heterocycles. The number of benzene rings is 1. The average molecular weight is 404 g/mol. The molecule has 30 heavy (non-hydrogen) atoms. The van der Waals surface area contributed by atoms with E-state index in [0.717, 1.165) is 35.4 Å². The predicted molar refractivity (Wildman–Crippen MR) is 115 cm³/mol. The Labute approximate surface area is 174 Å². The summed E-state index contributed by atoms with van der Waals surface area (Å²) in [5.74, 6) is -0.00141. The first-order valence-electron chi connectivity index (χ1n) is 10.4. The highest BCUT2D eigenvalue weighted by molar-refractivity contribution is 5.84. The number of nitrogens with zero attached hydrogens (tertiary/aromatic N) is 5. The molecule has 1 aromatic carbocycles. The number of aromatic nitrogens is 5. The van der Waals surface area contributed by atoms with E-state index in [1.54, 1.807) is 10.6 Å². The number of rotatable bonds is 2. The predicted octanol–water partition coefficient (Wildman–Crippen LogP) is 4.34. The van der Waals surface area contributed by atoms with E-state index < -0.39 is 0 Å². The van der Waals surface area contributed by atoms with Crippen LogP contribution in [0.1, 0.15) is 49.6 Å². The third-order valence-electron chi connectivity index (χ3n) is 5.96. The van der Waals surface area contributed by atoms with Crippen molar-refractivity contribution in [3.05, 3.63) is 53.2 Å². The molecule has 2 atom stereocenters. The normalized spacial score (nSPS) is 22.1. The first-order valence-corrected chi connectivity index (χ1v) is 10.4. The summed E-state index contributed by atoms with van der Waals surface area (Å²) in [6.07, 6.45) is 3.84. The zero-order valence-corrected chi connectivity index (χ0v) is 17.6. The maximum absolute atomic E-state index is 15.1. The number of fused-ring (bicyclic) bond motifs is 2. The molecule has 0 amide bonds. The molecule has 154 valence electrons. The number of hydrogen-bond donors (Lipinski definition) is 1. The average Bonchev–Trinajstić information content (AvgIpc) is 3.08. The van der Waals surface area contributed by atoms with Crippen LogP contribution in [0.25, 0.3) is 27.8 Å². The minimum Gasteiger partial charge on any atom is -0.312 e. The Bertz CT molecular complexity index is 1250. The van der Waals surface area contributed by atoms with Crippen LogP contribution in [0.3, 0.4) is 0 Å². The molecule has 1 aliphatic heterocycles. The number of nitrogens with one attached hydrogen (secondary N) is 1. The number of halogens is 1. The molecule has 1 fully saturated rings. The maximum atomic E-state index is 15.1. The van der Waals surface area contributed by atoms with Crippen molar-refractivity contribution in [1.82, 2.24) is 30.1 Å². The Balaban J connectivity index is 1.56. The summed E-state index contributed by atoms with van der Waals surface area (Å²) in [7, 11) is 0. The van der Waals surface area contributed by atoms with Gasteiger partial charge in [0.25, 0.3) is 0 Å². The Kier molecular flexibility index (Phi) is 4.50. The van der Waals surface area contributed by atoms with Crippen LogP contribution in [-0.2, 0) is 0 Å². The molecule has 0 aliphatic carbocycles. The van der Waals surface area contributed by atoms with Gasteiger partial charge in [-0.05, 0) is 70.4 Å². The second-order valence-corrected chi connectivity index (χ2v) is 8.66. The van der Waals surface area contributed by atoms with Gasteiger partial charge < -0.3 is 5.32 Å². The lowest BCUT2D eigenvalue weighted by atomic mass is 9.86. The SMILES string of the molecule is Cc1cn2nc(-c3cc(F)c4cc(C5C[C@@H](C)N[C@H](C)C5)nnc4c3)cc(C)c2n1. The summed E-state index contributed by atoms with van der Waals surface area (Å²) in [6, 6.07) is 8.04. The topological polar surface area (TPSA) is 68.0 Å². The van der Waals surface area contributed by atoms with Crippen molar-refractivity contribution in [1.29, 1.82) is 0 Å². The Hall–Kier alpha value is -2.93. The van der Waals surface area contributed by atoms with Crippen molar-refractivity contribution in [2.24, 2.45) is 0 Å². The molecular weight excluding hydrogens is 379 g/mol. The van der Waals surface area contributed by atoms with E-state index in [4.69, 9.17) is 0 Å². The molecule has 3 aromatic heterocycles. The maximum Gasteiger partial charge on any atom is 0.156 e. The second kappa shape index (κ2) is 7.09. The van der Waals surface area contributed by atoms with Crippen LogP contribution in [0.5, 0.6) is 0 Å². The van der Waals surface area contributed by atoms with Crippen LogP contribution in [-0.4, -0.2) is 36.9 Å². The monoisotopic (exact) mass is 404 g/mol. The van der Waals surface area contributed by atoms with Gasteiger partial charge in [-0.2, -0.15) is 15.3 Å². The summed E-state index contributed by atoms with van der Waals surface area (Å²) < 4.78 is 16.9.